The first kappa shape index (κ1) is 16.1. The summed E-state index contributed by atoms with van der Waals surface area (Å²) in [5.41, 5.74) is 2.16. The Morgan fingerprint density at radius 2 is 2.36 bits per heavy atom. The van der Waals surface area contributed by atoms with Gasteiger partial charge in [0.05, 0.1) is 23.7 Å². The van der Waals surface area contributed by atoms with Crippen molar-refractivity contribution in [2.45, 2.75) is 33.1 Å². The summed E-state index contributed by atoms with van der Waals surface area (Å²) in [5.74, 6) is 1.73. The predicted molar refractivity (Wildman–Crippen MR) is 96.7 cm³/mol. The van der Waals surface area contributed by atoms with Gasteiger partial charge in [-0.2, -0.15) is 5.10 Å². The number of H-pyrrole nitrogens is 1. The average molecular weight is 356 g/mol. The molecule has 4 rings (SSSR count). The molecule has 1 aliphatic rings. The van der Waals surface area contributed by atoms with Gasteiger partial charge in [0.2, 0.25) is 0 Å². The summed E-state index contributed by atoms with van der Waals surface area (Å²) in [6.45, 7) is 4.54. The molecule has 3 aromatic rings. The van der Waals surface area contributed by atoms with Crippen molar-refractivity contribution in [3.63, 3.8) is 0 Å². The monoisotopic (exact) mass is 356 g/mol. The molecule has 2 N–H and O–H groups in total. The first-order chi connectivity index (χ1) is 12.1. The first-order valence-corrected chi connectivity index (χ1v) is 9.30. The van der Waals surface area contributed by atoms with Gasteiger partial charge in [-0.25, -0.2) is 4.98 Å². The summed E-state index contributed by atoms with van der Waals surface area (Å²) >= 11 is 1.59. The van der Waals surface area contributed by atoms with Crippen molar-refractivity contribution < 1.29 is 9.21 Å². The second-order valence-electron chi connectivity index (χ2n) is 6.73. The molecule has 1 unspecified atom stereocenters. The second kappa shape index (κ2) is 6.48. The van der Waals surface area contributed by atoms with E-state index in [9.17, 15) is 4.79 Å². The molecule has 0 aliphatic heterocycles. The van der Waals surface area contributed by atoms with Crippen molar-refractivity contribution in [2.24, 2.45) is 11.8 Å². The highest BCUT2D eigenvalue weighted by molar-refractivity contribution is 7.15. The lowest BCUT2D eigenvalue weighted by Gasteiger charge is -2.24. The molecule has 130 valence electrons. The number of furan rings is 1. The van der Waals surface area contributed by atoms with Crippen LogP contribution in [0.2, 0.25) is 0 Å². The van der Waals surface area contributed by atoms with Crippen LogP contribution in [0.1, 0.15) is 41.2 Å². The predicted octanol–water partition coefficient (Wildman–Crippen LogP) is 4.14. The van der Waals surface area contributed by atoms with Gasteiger partial charge in [0.25, 0.3) is 5.91 Å². The Hall–Kier alpha value is -2.41. The second-order valence-corrected chi connectivity index (χ2v) is 7.81. The number of amides is 1. The number of aryl methyl sites for hydroxylation is 1. The summed E-state index contributed by atoms with van der Waals surface area (Å²) in [7, 11) is 0. The minimum absolute atomic E-state index is 0.230. The van der Waals surface area contributed by atoms with Gasteiger partial charge in [0.15, 0.2) is 10.9 Å². The highest BCUT2D eigenvalue weighted by Crippen LogP contribution is 2.35. The van der Waals surface area contributed by atoms with Gasteiger partial charge in [-0.1, -0.05) is 13.8 Å². The first-order valence-electron chi connectivity index (χ1n) is 8.49. The van der Waals surface area contributed by atoms with Crippen LogP contribution >= 0.6 is 11.3 Å². The number of nitrogens with one attached hydrogen (secondary N) is 2. The van der Waals surface area contributed by atoms with E-state index in [1.807, 2.05) is 0 Å². The number of hydrogen-bond donors (Lipinski definition) is 2. The number of thiazole rings is 1. The molecule has 0 saturated carbocycles. The summed E-state index contributed by atoms with van der Waals surface area (Å²) in [5, 5.41) is 10.4. The Balaban J connectivity index is 1.52. The normalized spacial score (nSPS) is 16.8. The maximum absolute atomic E-state index is 12.6. The van der Waals surface area contributed by atoms with Crippen molar-refractivity contribution in [1.82, 2.24) is 15.2 Å². The molecule has 0 saturated heterocycles. The summed E-state index contributed by atoms with van der Waals surface area (Å²) < 4.78 is 5.36. The third-order valence-corrected chi connectivity index (χ3v) is 5.83. The topological polar surface area (TPSA) is 83.8 Å². The van der Waals surface area contributed by atoms with Crippen molar-refractivity contribution in [3.8, 4) is 11.5 Å². The molecule has 0 radical (unpaired) electrons. The number of nitrogens with zero attached hydrogens (tertiary/aromatic N) is 2. The summed E-state index contributed by atoms with van der Waals surface area (Å²) in [4.78, 5) is 18.6. The van der Waals surface area contributed by atoms with E-state index in [1.165, 1.54) is 17.5 Å². The van der Waals surface area contributed by atoms with E-state index in [0.717, 1.165) is 18.5 Å². The Morgan fingerprint density at radius 3 is 3.12 bits per heavy atom. The van der Waals surface area contributed by atoms with Gasteiger partial charge in [0, 0.05) is 4.88 Å². The molecular formula is C18H20N4O2S. The molecular weight excluding hydrogens is 336 g/mol. The molecule has 7 heteroatoms. The zero-order valence-electron chi connectivity index (χ0n) is 14.2. The molecule has 1 amide bonds. The lowest BCUT2D eigenvalue weighted by molar-refractivity contribution is 0.102. The average Bonchev–Trinajstić information content (AvgIpc) is 3.32. The van der Waals surface area contributed by atoms with Crippen LogP contribution in [-0.4, -0.2) is 21.1 Å². The van der Waals surface area contributed by atoms with Crippen molar-refractivity contribution >= 4 is 22.4 Å². The molecule has 1 atom stereocenters. The molecule has 1 aliphatic carbocycles. The van der Waals surface area contributed by atoms with E-state index < -0.39 is 0 Å². The minimum atomic E-state index is -0.230. The van der Waals surface area contributed by atoms with Gasteiger partial charge in [-0.05, 0) is 43.2 Å². The van der Waals surface area contributed by atoms with Gasteiger partial charge in [-0.3, -0.25) is 15.2 Å². The number of hydrogen-bond acceptors (Lipinski definition) is 5. The number of aromatic nitrogens is 3. The van der Waals surface area contributed by atoms with Crippen molar-refractivity contribution in [3.05, 3.63) is 40.7 Å². The number of carbonyl (C=O) groups excluding carboxylic acids is 1. The largest absolute Gasteiger partial charge is 0.463 e. The van der Waals surface area contributed by atoms with E-state index in [4.69, 9.17) is 4.42 Å². The zero-order valence-corrected chi connectivity index (χ0v) is 15.0. The Labute approximate surface area is 149 Å². The van der Waals surface area contributed by atoms with Crippen LogP contribution in [0.25, 0.3) is 11.5 Å². The van der Waals surface area contributed by atoms with Gasteiger partial charge in [-0.15, -0.1) is 11.3 Å². The molecule has 3 aromatic heterocycles. The van der Waals surface area contributed by atoms with Crippen LogP contribution in [0.4, 0.5) is 5.13 Å². The van der Waals surface area contributed by atoms with E-state index in [-0.39, 0.29) is 5.91 Å². The number of carbonyl (C=O) groups is 1. The van der Waals surface area contributed by atoms with Crippen molar-refractivity contribution in [2.75, 3.05) is 5.32 Å². The van der Waals surface area contributed by atoms with E-state index >= 15 is 0 Å². The molecule has 0 spiro atoms. The third kappa shape index (κ3) is 3.11. The Kier molecular flexibility index (Phi) is 4.17. The molecule has 0 bridgehead atoms. The third-order valence-electron chi connectivity index (χ3n) is 4.79. The maximum atomic E-state index is 12.6. The van der Waals surface area contributed by atoms with Crippen LogP contribution < -0.4 is 5.32 Å². The summed E-state index contributed by atoms with van der Waals surface area (Å²) in [6.07, 6.45) is 6.30. The maximum Gasteiger partial charge on any atom is 0.261 e. The highest BCUT2D eigenvalue weighted by Gasteiger charge is 2.25. The standard InChI is InChI=1S/C18H20N4O2S/c1-10(2)11-5-6-13-15(8-11)25-18(20-13)21-17(23)12-9-19-22-16(12)14-4-3-7-24-14/h3-4,7,9-11H,5-6,8H2,1-2H3,(H,19,22)(H,20,21,23). The quantitative estimate of drug-likeness (QED) is 0.736. The lowest BCUT2D eigenvalue weighted by atomic mass is 9.83. The Morgan fingerprint density at radius 1 is 1.48 bits per heavy atom. The van der Waals surface area contributed by atoms with Crippen molar-refractivity contribution in [1.29, 1.82) is 0 Å². The van der Waals surface area contributed by atoms with Gasteiger partial charge in [0.1, 0.15) is 5.69 Å². The van der Waals surface area contributed by atoms with Gasteiger partial charge < -0.3 is 4.42 Å². The van der Waals surface area contributed by atoms with Crippen LogP contribution in [0, 0.1) is 11.8 Å². The highest BCUT2D eigenvalue weighted by atomic mass is 32.1. The van der Waals surface area contributed by atoms with Crippen LogP contribution in [0.5, 0.6) is 0 Å². The summed E-state index contributed by atoms with van der Waals surface area (Å²) in [6, 6.07) is 3.57. The molecule has 0 fully saturated rings. The van der Waals surface area contributed by atoms with E-state index in [2.05, 4.69) is 34.3 Å². The minimum Gasteiger partial charge on any atom is -0.463 e. The fourth-order valence-electron chi connectivity index (χ4n) is 3.25. The fraction of sp³-hybridized carbons (Fsp3) is 0.389. The number of aromatic amines is 1. The van der Waals surface area contributed by atoms with E-state index in [0.29, 0.717) is 34.0 Å². The molecule has 25 heavy (non-hydrogen) atoms. The molecule has 3 heterocycles. The number of fused-ring (bicyclic) bond motifs is 1. The number of rotatable bonds is 4. The molecule has 0 aromatic carbocycles. The molecule has 6 nitrogen and oxygen atoms in total. The van der Waals surface area contributed by atoms with E-state index in [1.54, 1.807) is 29.7 Å². The van der Waals surface area contributed by atoms with Crippen LogP contribution in [-0.2, 0) is 12.8 Å². The lowest BCUT2D eigenvalue weighted by Crippen LogP contribution is -2.17. The van der Waals surface area contributed by atoms with Crippen LogP contribution in [0.3, 0.4) is 0 Å². The number of anilines is 1. The smallest absolute Gasteiger partial charge is 0.261 e. The van der Waals surface area contributed by atoms with Gasteiger partial charge >= 0.3 is 0 Å². The zero-order chi connectivity index (χ0) is 17.4. The van der Waals surface area contributed by atoms with Crippen LogP contribution in [0.15, 0.2) is 29.0 Å². The fourth-order valence-corrected chi connectivity index (χ4v) is 4.35. The SMILES string of the molecule is CC(C)C1CCc2nc(NC(=O)c3cn[nH]c3-c3ccco3)sc2C1. The Bertz CT molecular complexity index is 879.